The molecule has 1 unspecified atom stereocenters. The first-order valence-corrected chi connectivity index (χ1v) is 18.7. The normalized spacial score (nSPS) is 19.0. The summed E-state index contributed by atoms with van der Waals surface area (Å²) < 4.78 is 2.08. The number of hydrogen-bond acceptors (Lipinski definition) is 1. The Kier molecular flexibility index (Phi) is 3.93. The Bertz CT molecular complexity index is 798. The molecule has 2 aliphatic rings. The number of thioether (sulfide) groups is 1. The van der Waals surface area contributed by atoms with E-state index in [-0.39, 0.29) is 5.92 Å². The summed E-state index contributed by atoms with van der Waals surface area (Å²) in [6.45, 7) is 0. The van der Waals surface area contributed by atoms with Crippen molar-refractivity contribution in [3.63, 3.8) is 0 Å². The summed E-state index contributed by atoms with van der Waals surface area (Å²) in [6, 6.07) is 12.5. The van der Waals surface area contributed by atoms with Crippen LogP contribution in [0.1, 0.15) is 22.6 Å². The fourth-order valence-corrected chi connectivity index (χ4v) is 9.97. The Hall–Kier alpha value is 0.763. The van der Waals surface area contributed by atoms with Crippen LogP contribution in [-0.2, 0) is 16.7 Å². The third kappa shape index (κ3) is 2.53. The van der Waals surface area contributed by atoms with E-state index in [1.165, 1.54) is 26.5 Å². The molecule has 0 amide bonds. The van der Waals surface area contributed by atoms with Gasteiger partial charge < -0.3 is 0 Å². The molecule has 2 aromatic carbocycles. The van der Waals surface area contributed by atoms with Gasteiger partial charge in [-0.1, -0.05) is 0 Å². The third-order valence-corrected chi connectivity index (χ3v) is 11.7. The van der Waals surface area contributed by atoms with Gasteiger partial charge in [0.05, 0.1) is 0 Å². The van der Waals surface area contributed by atoms with Gasteiger partial charge in [-0.05, 0) is 0 Å². The average Bonchev–Trinajstić information content (AvgIpc) is 2.91. The summed E-state index contributed by atoms with van der Waals surface area (Å²) in [4.78, 5) is 2.58. The van der Waals surface area contributed by atoms with Crippen molar-refractivity contribution >= 4 is 62.6 Å². The van der Waals surface area contributed by atoms with E-state index in [4.69, 9.17) is 25.5 Å². The standard InChI is InChI=1S/C15H8BrS.3ClH.Zr/c16-10-5-6-11-9(7-10)8-14-15(11)12-3-1-2-4-13(12)17-14;;;;/h1-2,4-8,15H;3*1H;/q;;;;+3/p-3. The predicted octanol–water partition coefficient (Wildman–Crippen LogP) is 6.28. The van der Waals surface area contributed by atoms with E-state index in [1.807, 2.05) is 12.1 Å². The third-order valence-electron chi connectivity index (χ3n) is 3.83. The molecular weight excluding hydrogens is 490 g/mol. The number of halogens is 4. The van der Waals surface area contributed by atoms with Crippen molar-refractivity contribution in [2.75, 3.05) is 0 Å². The van der Waals surface area contributed by atoms with Gasteiger partial charge in [0.2, 0.25) is 0 Å². The number of allylic oxidation sites excluding steroid dienone is 1. The SMILES string of the molecule is [Cl][Zr]([Cl])([Cl])[c]1cccc2c1C1C(=Cc3cc(Br)ccc31)S2. The number of benzene rings is 2. The summed E-state index contributed by atoms with van der Waals surface area (Å²) in [5, 5.41) is 0. The van der Waals surface area contributed by atoms with Gasteiger partial charge in [0.15, 0.2) is 0 Å². The molecule has 0 N–H and O–H groups in total. The molecule has 0 nitrogen and oxygen atoms in total. The van der Waals surface area contributed by atoms with Crippen molar-refractivity contribution in [3.8, 4) is 0 Å². The van der Waals surface area contributed by atoms with Crippen LogP contribution >= 0.6 is 53.2 Å². The monoisotopic (exact) mass is 494 g/mol. The van der Waals surface area contributed by atoms with Crippen LogP contribution in [0.2, 0.25) is 0 Å². The molecule has 106 valence electrons. The van der Waals surface area contributed by atoms with Gasteiger partial charge in [0, 0.05) is 0 Å². The summed E-state index contributed by atoms with van der Waals surface area (Å²) in [5.74, 6) is 0.247. The molecule has 0 aromatic heterocycles. The first-order chi connectivity index (χ1) is 9.95. The van der Waals surface area contributed by atoms with Gasteiger partial charge in [-0.15, -0.1) is 0 Å². The predicted molar refractivity (Wildman–Crippen MR) is 93.5 cm³/mol. The number of rotatable bonds is 1. The molecular formula is C15H8BrCl3SZr. The van der Waals surface area contributed by atoms with E-state index in [1.54, 1.807) is 11.8 Å². The maximum absolute atomic E-state index is 6.39. The molecule has 0 bridgehead atoms. The molecule has 0 saturated carbocycles. The van der Waals surface area contributed by atoms with Gasteiger partial charge in [-0.2, -0.15) is 0 Å². The van der Waals surface area contributed by atoms with Crippen LogP contribution in [0.3, 0.4) is 0 Å². The molecule has 0 spiro atoms. The molecule has 2 aromatic rings. The van der Waals surface area contributed by atoms with Gasteiger partial charge in [0.25, 0.3) is 0 Å². The van der Waals surface area contributed by atoms with E-state index in [9.17, 15) is 0 Å². The second-order valence-electron chi connectivity index (χ2n) is 5.07. The fourth-order valence-electron chi connectivity index (χ4n) is 3.01. The van der Waals surface area contributed by atoms with Crippen molar-refractivity contribution in [1.82, 2.24) is 0 Å². The molecule has 1 atom stereocenters. The molecule has 4 rings (SSSR count). The minimum absolute atomic E-state index is 0.247. The summed E-state index contributed by atoms with van der Waals surface area (Å²) in [6.07, 6.45) is 2.26. The second kappa shape index (κ2) is 5.40. The minimum atomic E-state index is -3.69. The molecule has 0 radical (unpaired) electrons. The Morgan fingerprint density at radius 2 is 1.90 bits per heavy atom. The summed E-state index contributed by atoms with van der Waals surface area (Å²) >= 11 is 1.65. The van der Waals surface area contributed by atoms with Crippen molar-refractivity contribution in [2.24, 2.45) is 0 Å². The van der Waals surface area contributed by atoms with Crippen LogP contribution in [0.4, 0.5) is 0 Å². The maximum atomic E-state index is 6.39. The Morgan fingerprint density at radius 3 is 2.67 bits per heavy atom. The zero-order valence-electron chi connectivity index (χ0n) is 10.5. The van der Waals surface area contributed by atoms with Crippen molar-refractivity contribution in [2.45, 2.75) is 10.8 Å². The zero-order valence-corrected chi connectivity index (χ0v) is 17.7. The van der Waals surface area contributed by atoms with Gasteiger partial charge in [-0.25, -0.2) is 0 Å². The van der Waals surface area contributed by atoms with Gasteiger partial charge >= 0.3 is 153 Å². The van der Waals surface area contributed by atoms with Crippen LogP contribution < -0.4 is 3.27 Å². The Balaban J connectivity index is 1.95. The average molecular weight is 498 g/mol. The second-order valence-corrected chi connectivity index (χ2v) is 24.4. The summed E-state index contributed by atoms with van der Waals surface area (Å²) in [7, 11) is 19.2. The van der Waals surface area contributed by atoms with Gasteiger partial charge in [-0.3, -0.25) is 0 Å². The fraction of sp³-hybridized carbons (Fsp3) is 0.0667. The topological polar surface area (TPSA) is 0 Å². The molecule has 0 saturated heterocycles. The van der Waals surface area contributed by atoms with Crippen LogP contribution in [0.5, 0.6) is 0 Å². The Labute approximate surface area is 151 Å². The van der Waals surface area contributed by atoms with Crippen LogP contribution in [0.15, 0.2) is 50.7 Å². The molecule has 6 heteroatoms. The van der Waals surface area contributed by atoms with Crippen molar-refractivity contribution in [1.29, 1.82) is 0 Å². The van der Waals surface area contributed by atoms with E-state index in [0.717, 1.165) is 7.74 Å². The molecule has 0 fully saturated rings. The van der Waals surface area contributed by atoms with E-state index >= 15 is 0 Å². The first kappa shape index (κ1) is 15.3. The van der Waals surface area contributed by atoms with E-state index < -0.39 is 16.7 Å². The molecule has 1 aliphatic carbocycles. The summed E-state index contributed by atoms with van der Waals surface area (Å²) in [5.41, 5.74) is 3.80. The Morgan fingerprint density at radius 1 is 1.10 bits per heavy atom. The van der Waals surface area contributed by atoms with Crippen LogP contribution in [0, 0.1) is 0 Å². The van der Waals surface area contributed by atoms with Crippen LogP contribution in [-0.4, -0.2) is 0 Å². The van der Waals surface area contributed by atoms with Crippen molar-refractivity contribution in [3.05, 3.63) is 62.5 Å². The quantitative estimate of drug-likeness (QED) is 0.447. The zero-order chi connectivity index (χ0) is 14.8. The number of fused-ring (bicyclic) bond motifs is 5. The molecule has 21 heavy (non-hydrogen) atoms. The number of hydrogen-bond donors (Lipinski definition) is 0. The van der Waals surface area contributed by atoms with Crippen molar-refractivity contribution < 1.29 is 16.7 Å². The van der Waals surface area contributed by atoms with E-state index in [2.05, 4.69) is 46.3 Å². The van der Waals surface area contributed by atoms with Gasteiger partial charge in [0.1, 0.15) is 0 Å². The van der Waals surface area contributed by atoms with E-state index in [0.29, 0.717) is 0 Å². The molecule has 1 aliphatic heterocycles. The first-order valence-electron chi connectivity index (χ1n) is 6.34. The molecule has 1 heterocycles. The van der Waals surface area contributed by atoms with Crippen LogP contribution in [0.25, 0.3) is 6.08 Å².